The molecule has 4 N–H and O–H groups in total. The van der Waals surface area contributed by atoms with Crippen LogP contribution in [0.25, 0.3) is 0 Å². The SMILES string of the molecule is CCC(P(c1cc(S(=O)(=O)O)ccc1OC)c1cc(S(=O)(=O)O)ccc1OC)P(c1cc(S(=O)(=O)O)ccc1OC)c1cc(S(=O)(=O)O)ccc1OC. The van der Waals surface area contributed by atoms with Gasteiger partial charge in [-0.1, -0.05) is 6.92 Å². The van der Waals surface area contributed by atoms with Crippen molar-refractivity contribution in [3.63, 3.8) is 0 Å². The molecule has 0 aromatic heterocycles. The fourth-order valence-corrected chi connectivity index (χ4v) is 15.5. The minimum Gasteiger partial charge on any atom is -0.496 e. The first-order chi connectivity index (χ1) is 24.6. The predicted molar refractivity (Wildman–Crippen MR) is 198 cm³/mol. The van der Waals surface area contributed by atoms with Crippen LogP contribution in [0.2, 0.25) is 0 Å². The minimum absolute atomic E-state index is 0.0496. The van der Waals surface area contributed by atoms with Gasteiger partial charge in [-0.25, -0.2) is 0 Å². The molecular formula is C31H34O16P2S4. The van der Waals surface area contributed by atoms with Crippen molar-refractivity contribution in [2.24, 2.45) is 0 Å². The maximum Gasteiger partial charge on any atom is 0.294 e. The maximum atomic E-state index is 12.5. The molecule has 0 atom stereocenters. The highest BCUT2D eigenvalue weighted by molar-refractivity contribution is 7.90. The highest BCUT2D eigenvalue weighted by Crippen LogP contribution is 2.61. The lowest BCUT2D eigenvalue weighted by Crippen LogP contribution is -2.30. The second-order valence-electron chi connectivity index (χ2n) is 10.9. The monoisotopic (exact) mass is 852 g/mol. The zero-order chi connectivity index (χ0) is 39.7. The van der Waals surface area contributed by atoms with Crippen molar-refractivity contribution in [2.45, 2.75) is 38.3 Å². The number of hydrogen-bond acceptors (Lipinski definition) is 12. The third-order valence-corrected chi connectivity index (χ3v) is 18.0. The largest absolute Gasteiger partial charge is 0.496 e. The van der Waals surface area contributed by atoms with Crippen molar-refractivity contribution in [1.82, 2.24) is 0 Å². The summed E-state index contributed by atoms with van der Waals surface area (Å²) in [5, 5.41) is -0.641. The lowest BCUT2D eigenvalue weighted by Gasteiger charge is -2.37. The molecule has 0 fully saturated rings. The van der Waals surface area contributed by atoms with Crippen LogP contribution in [0.15, 0.2) is 92.4 Å². The second-order valence-corrected chi connectivity index (χ2v) is 21.6. The summed E-state index contributed by atoms with van der Waals surface area (Å²) in [5.41, 5.74) is 0. The van der Waals surface area contributed by atoms with Crippen molar-refractivity contribution in [3.8, 4) is 23.0 Å². The van der Waals surface area contributed by atoms with Crippen LogP contribution < -0.4 is 40.2 Å². The van der Waals surface area contributed by atoms with Crippen LogP contribution in [0.3, 0.4) is 0 Å². The fraction of sp³-hybridized carbons (Fsp3) is 0.226. The Balaban J connectivity index is 2.34. The first-order valence-electron chi connectivity index (χ1n) is 14.8. The van der Waals surface area contributed by atoms with Gasteiger partial charge in [-0.2, -0.15) is 33.7 Å². The van der Waals surface area contributed by atoms with Crippen LogP contribution in [0, 0.1) is 0 Å². The Bertz CT molecular complexity index is 2130. The van der Waals surface area contributed by atoms with Gasteiger partial charge in [0.2, 0.25) is 0 Å². The van der Waals surface area contributed by atoms with Crippen LogP contribution in [0.1, 0.15) is 13.3 Å². The summed E-state index contributed by atoms with van der Waals surface area (Å²) in [6.07, 6.45) is 0.0639. The number of benzene rings is 4. The molecule has 0 amide bonds. The van der Waals surface area contributed by atoms with Crippen LogP contribution in [-0.2, 0) is 40.5 Å². The van der Waals surface area contributed by atoms with E-state index in [1.807, 2.05) is 0 Å². The van der Waals surface area contributed by atoms with Crippen molar-refractivity contribution in [2.75, 3.05) is 28.4 Å². The van der Waals surface area contributed by atoms with E-state index in [9.17, 15) is 51.9 Å². The summed E-state index contributed by atoms with van der Waals surface area (Å²) in [6.45, 7) is 1.69. The number of ether oxygens (including phenoxy) is 4. The maximum absolute atomic E-state index is 12.5. The Hall–Kier alpha value is -3.42. The van der Waals surface area contributed by atoms with E-state index in [2.05, 4.69) is 0 Å². The summed E-state index contributed by atoms with van der Waals surface area (Å²) in [7, 11) is -19.0. The molecule has 4 aromatic rings. The molecule has 16 nitrogen and oxygen atoms in total. The van der Waals surface area contributed by atoms with Crippen LogP contribution in [-0.4, -0.2) is 85.7 Å². The molecule has 0 saturated heterocycles. The zero-order valence-corrected chi connectivity index (χ0v) is 33.5. The molecule has 0 spiro atoms. The molecule has 53 heavy (non-hydrogen) atoms. The first kappa shape index (κ1) is 42.3. The van der Waals surface area contributed by atoms with E-state index in [4.69, 9.17) is 18.9 Å². The Kier molecular flexibility index (Phi) is 12.9. The highest BCUT2D eigenvalue weighted by atomic mass is 32.2. The molecule has 288 valence electrons. The molecule has 0 saturated carbocycles. The molecule has 0 unspecified atom stereocenters. The third-order valence-electron chi connectivity index (χ3n) is 7.79. The normalized spacial score (nSPS) is 12.7. The van der Waals surface area contributed by atoms with E-state index in [1.54, 1.807) is 6.92 Å². The molecule has 22 heteroatoms. The quantitative estimate of drug-likeness (QED) is 0.0991. The number of methoxy groups -OCH3 is 4. The van der Waals surface area contributed by atoms with Crippen molar-refractivity contribution in [3.05, 3.63) is 72.8 Å². The Morgan fingerprint density at radius 2 is 0.660 bits per heavy atom. The van der Waals surface area contributed by atoms with Crippen LogP contribution >= 0.6 is 15.8 Å². The van der Waals surface area contributed by atoms with Crippen molar-refractivity contribution < 1.29 is 70.8 Å². The Labute approximate surface area is 309 Å². The van der Waals surface area contributed by atoms with Gasteiger partial charge < -0.3 is 18.9 Å². The van der Waals surface area contributed by atoms with E-state index in [0.29, 0.717) is 0 Å². The van der Waals surface area contributed by atoms with E-state index in [-0.39, 0.29) is 50.6 Å². The fourth-order valence-electron chi connectivity index (χ4n) is 5.46. The molecule has 0 radical (unpaired) electrons. The Morgan fingerprint density at radius 1 is 0.453 bits per heavy atom. The minimum atomic E-state index is -4.87. The first-order valence-corrected chi connectivity index (χ1v) is 23.4. The van der Waals surface area contributed by atoms with Crippen LogP contribution in [0.5, 0.6) is 23.0 Å². The van der Waals surface area contributed by atoms with Gasteiger partial charge in [0.1, 0.15) is 23.0 Å². The van der Waals surface area contributed by atoms with E-state index in [1.165, 1.54) is 52.7 Å². The van der Waals surface area contributed by atoms with Gasteiger partial charge in [-0.15, -0.1) is 0 Å². The molecule has 4 aromatic carbocycles. The smallest absolute Gasteiger partial charge is 0.294 e. The highest BCUT2D eigenvalue weighted by Gasteiger charge is 2.40. The molecule has 0 heterocycles. The Morgan fingerprint density at radius 3 is 0.811 bits per heavy atom. The summed E-state index contributed by atoms with van der Waals surface area (Å²) >= 11 is 0. The van der Waals surface area contributed by atoms with Crippen molar-refractivity contribution in [1.29, 1.82) is 0 Å². The van der Waals surface area contributed by atoms with Gasteiger partial charge in [-0.3, -0.25) is 18.2 Å². The molecule has 0 aliphatic rings. The zero-order valence-electron chi connectivity index (χ0n) is 28.4. The van der Waals surface area contributed by atoms with Gasteiger partial charge in [-0.05, 0) is 95.1 Å². The number of hydrogen-bond donors (Lipinski definition) is 4. The molecular weight excluding hydrogens is 819 g/mol. The summed E-state index contributed by atoms with van der Waals surface area (Å²) in [5.74, 6) is 0.198. The number of rotatable bonds is 15. The lowest BCUT2D eigenvalue weighted by molar-refractivity contribution is 0.417. The van der Waals surface area contributed by atoms with Gasteiger partial charge in [0.15, 0.2) is 0 Å². The standard InChI is InChI=1S/C31H34O16P2S4/c1-6-31(48(27-15-19(50(32,33)34)7-11-23(27)44-2)28-16-20(51(35,36)37)8-12-24(28)45-3)49(29-17-21(52(38,39)40)9-13-25(29)46-4)30-18-22(53(41,42)43)10-14-26(30)47-5/h7-18,31H,6H2,1-5H3,(H,32,33,34)(H,35,36,37)(H,38,39,40)(H,41,42,43). The summed E-state index contributed by atoms with van der Waals surface area (Å²) in [4.78, 5) is -2.33. The van der Waals surface area contributed by atoms with E-state index in [0.717, 1.165) is 48.5 Å². The van der Waals surface area contributed by atoms with E-state index >= 15 is 0 Å². The summed E-state index contributed by atoms with van der Waals surface area (Å²) < 4.78 is 163. The van der Waals surface area contributed by atoms with Gasteiger partial charge >= 0.3 is 0 Å². The lowest BCUT2D eigenvalue weighted by atomic mass is 10.3. The molecule has 0 aliphatic heterocycles. The topological polar surface area (TPSA) is 254 Å². The van der Waals surface area contributed by atoms with Gasteiger partial charge in [0.05, 0.1) is 48.0 Å². The summed E-state index contributed by atoms with van der Waals surface area (Å²) in [6, 6.07) is 13.7. The van der Waals surface area contributed by atoms with Crippen LogP contribution in [0.4, 0.5) is 0 Å². The van der Waals surface area contributed by atoms with Gasteiger partial charge in [0, 0.05) is 26.6 Å². The third kappa shape index (κ3) is 9.28. The van der Waals surface area contributed by atoms with E-state index < -0.39 is 81.3 Å². The molecule has 0 aliphatic carbocycles. The van der Waals surface area contributed by atoms with Gasteiger partial charge in [0.25, 0.3) is 40.5 Å². The average Bonchev–Trinajstić information content (AvgIpc) is 3.09. The second kappa shape index (κ2) is 16.1. The molecule has 4 rings (SSSR count). The van der Waals surface area contributed by atoms with Crippen molar-refractivity contribution >= 4 is 77.5 Å². The average molecular weight is 853 g/mol. The predicted octanol–water partition coefficient (Wildman–Crippen LogP) is 3.01. The molecule has 0 bridgehead atoms.